The molecule has 1 N–H and O–H groups in total. The molecule has 0 saturated heterocycles. The number of nitrogens with zero attached hydrogens (tertiary/aromatic N) is 2. The fourth-order valence-corrected chi connectivity index (χ4v) is 2.98. The number of hydrazone groups is 1. The SMILES string of the molecule is FC(F)(F)c1ccc(N/N=C\c2c3ccccc3cc3ccccc23)nc1. The molecule has 0 spiro atoms. The molecule has 0 aliphatic rings. The fraction of sp³-hybridized carbons (Fsp3) is 0.0476. The molecule has 4 rings (SSSR count). The van der Waals surface area contributed by atoms with Gasteiger partial charge in [0.15, 0.2) is 0 Å². The van der Waals surface area contributed by atoms with Crippen LogP contribution in [0.4, 0.5) is 19.0 Å². The predicted octanol–water partition coefficient (Wildman–Crippen LogP) is 5.85. The first-order valence-corrected chi connectivity index (χ1v) is 8.25. The van der Waals surface area contributed by atoms with Gasteiger partial charge in [0, 0.05) is 11.8 Å². The maximum atomic E-state index is 12.6. The first-order valence-electron chi connectivity index (χ1n) is 8.25. The summed E-state index contributed by atoms with van der Waals surface area (Å²) in [4.78, 5) is 3.76. The quantitative estimate of drug-likeness (QED) is 0.281. The Hall–Kier alpha value is -3.41. The Balaban J connectivity index is 1.68. The van der Waals surface area contributed by atoms with E-state index in [1.165, 1.54) is 6.07 Å². The molecule has 0 radical (unpaired) electrons. The van der Waals surface area contributed by atoms with Crippen LogP contribution in [0.15, 0.2) is 78.0 Å². The Labute approximate surface area is 153 Å². The van der Waals surface area contributed by atoms with E-state index in [0.717, 1.165) is 39.4 Å². The maximum Gasteiger partial charge on any atom is 0.417 e. The third kappa shape index (κ3) is 3.46. The largest absolute Gasteiger partial charge is 0.417 e. The van der Waals surface area contributed by atoms with Crippen LogP contribution in [-0.4, -0.2) is 11.2 Å². The normalized spacial score (nSPS) is 12.1. The van der Waals surface area contributed by atoms with Crippen molar-refractivity contribution in [1.29, 1.82) is 0 Å². The van der Waals surface area contributed by atoms with Gasteiger partial charge in [-0.25, -0.2) is 4.98 Å². The van der Waals surface area contributed by atoms with E-state index in [2.05, 4.69) is 21.6 Å². The van der Waals surface area contributed by atoms with Crippen molar-refractivity contribution < 1.29 is 13.2 Å². The number of hydrogen-bond donors (Lipinski definition) is 1. The molecule has 3 nitrogen and oxygen atoms in total. The number of pyridine rings is 1. The molecule has 0 amide bonds. The summed E-state index contributed by atoms with van der Waals surface area (Å²) in [5.74, 6) is 0.240. The lowest BCUT2D eigenvalue weighted by Gasteiger charge is -2.08. The molecule has 4 aromatic rings. The van der Waals surface area contributed by atoms with Crippen molar-refractivity contribution in [3.63, 3.8) is 0 Å². The van der Waals surface area contributed by atoms with E-state index in [-0.39, 0.29) is 5.82 Å². The number of anilines is 1. The fourth-order valence-electron chi connectivity index (χ4n) is 2.98. The number of fused-ring (bicyclic) bond motifs is 2. The van der Waals surface area contributed by atoms with E-state index in [0.29, 0.717) is 0 Å². The average molecular weight is 365 g/mol. The standard InChI is InChI=1S/C21H14F3N3/c22-21(23,24)16-9-10-20(25-12-16)27-26-13-19-17-7-3-1-5-14(17)11-15-6-2-4-8-18(15)19/h1-13H,(H,25,27)/b26-13-. The summed E-state index contributed by atoms with van der Waals surface area (Å²) in [5, 5.41) is 8.45. The lowest BCUT2D eigenvalue weighted by atomic mass is 9.97. The Kier molecular flexibility index (Phi) is 4.24. The van der Waals surface area contributed by atoms with Crippen LogP contribution in [0.2, 0.25) is 0 Å². The third-order valence-corrected chi connectivity index (χ3v) is 4.28. The zero-order valence-corrected chi connectivity index (χ0v) is 14.0. The van der Waals surface area contributed by atoms with E-state index >= 15 is 0 Å². The molecular weight excluding hydrogens is 351 g/mol. The van der Waals surface area contributed by atoms with Crippen molar-refractivity contribution in [2.75, 3.05) is 5.43 Å². The van der Waals surface area contributed by atoms with Crippen molar-refractivity contribution in [1.82, 2.24) is 4.98 Å². The van der Waals surface area contributed by atoms with Crippen molar-refractivity contribution in [2.45, 2.75) is 6.18 Å². The summed E-state index contributed by atoms with van der Waals surface area (Å²) in [6.45, 7) is 0. The van der Waals surface area contributed by atoms with Gasteiger partial charge in [-0.15, -0.1) is 0 Å². The summed E-state index contributed by atoms with van der Waals surface area (Å²) in [6.07, 6.45) is -1.95. The average Bonchev–Trinajstić information content (AvgIpc) is 2.67. The highest BCUT2D eigenvalue weighted by Crippen LogP contribution is 2.29. The number of alkyl halides is 3. The highest BCUT2D eigenvalue weighted by atomic mass is 19.4. The molecule has 0 saturated carbocycles. The van der Waals surface area contributed by atoms with Crippen LogP contribution >= 0.6 is 0 Å². The van der Waals surface area contributed by atoms with Crippen LogP contribution in [0.5, 0.6) is 0 Å². The zero-order valence-electron chi connectivity index (χ0n) is 14.0. The van der Waals surface area contributed by atoms with Gasteiger partial charge in [0.2, 0.25) is 0 Å². The minimum absolute atomic E-state index is 0.240. The molecule has 0 bridgehead atoms. The molecule has 0 atom stereocenters. The monoisotopic (exact) mass is 365 g/mol. The first kappa shape index (κ1) is 17.0. The number of nitrogens with one attached hydrogen (secondary N) is 1. The summed E-state index contributed by atoms with van der Waals surface area (Å²) in [6, 6.07) is 20.3. The van der Waals surface area contributed by atoms with Gasteiger partial charge in [-0.2, -0.15) is 18.3 Å². The number of aromatic nitrogens is 1. The van der Waals surface area contributed by atoms with E-state index in [4.69, 9.17) is 0 Å². The second-order valence-corrected chi connectivity index (χ2v) is 6.03. The minimum Gasteiger partial charge on any atom is -0.261 e. The Morgan fingerprint density at radius 3 is 2.04 bits per heavy atom. The van der Waals surface area contributed by atoms with Gasteiger partial charge in [0.1, 0.15) is 5.82 Å². The highest BCUT2D eigenvalue weighted by Gasteiger charge is 2.30. The zero-order chi connectivity index (χ0) is 18.9. The minimum atomic E-state index is -4.41. The molecule has 1 heterocycles. The number of hydrogen-bond acceptors (Lipinski definition) is 3. The Bertz CT molecular complexity index is 1080. The number of halogens is 3. The molecule has 3 aromatic carbocycles. The predicted molar refractivity (Wildman–Crippen MR) is 102 cm³/mol. The summed E-state index contributed by atoms with van der Waals surface area (Å²) in [7, 11) is 0. The smallest absolute Gasteiger partial charge is 0.261 e. The van der Waals surface area contributed by atoms with E-state index in [1.807, 2.05) is 48.5 Å². The maximum absolute atomic E-state index is 12.6. The molecule has 134 valence electrons. The van der Waals surface area contributed by atoms with Gasteiger partial charge < -0.3 is 0 Å². The molecule has 0 aliphatic heterocycles. The van der Waals surface area contributed by atoms with Gasteiger partial charge in [-0.05, 0) is 39.7 Å². The Morgan fingerprint density at radius 2 is 1.48 bits per heavy atom. The lowest BCUT2D eigenvalue weighted by molar-refractivity contribution is -0.137. The van der Waals surface area contributed by atoms with Gasteiger partial charge in [0.25, 0.3) is 0 Å². The van der Waals surface area contributed by atoms with Gasteiger partial charge in [-0.3, -0.25) is 5.43 Å². The molecule has 1 aromatic heterocycles. The second kappa shape index (κ2) is 6.72. The van der Waals surface area contributed by atoms with E-state index in [9.17, 15) is 13.2 Å². The van der Waals surface area contributed by atoms with Crippen molar-refractivity contribution in [3.05, 3.63) is 84.1 Å². The number of rotatable bonds is 3. The van der Waals surface area contributed by atoms with Gasteiger partial charge >= 0.3 is 6.18 Å². The van der Waals surface area contributed by atoms with Crippen LogP contribution in [0.25, 0.3) is 21.5 Å². The van der Waals surface area contributed by atoms with Gasteiger partial charge in [0.05, 0.1) is 11.8 Å². The van der Waals surface area contributed by atoms with Crippen molar-refractivity contribution >= 4 is 33.6 Å². The summed E-state index contributed by atoms with van der Waals surface area (Å²) < 4.78 is 37.8. The lowest BCUT2D eigenvalue weighted by Crippen LogP contribution is -2.05. The topological polar surface area (TPSA) is 37.3 Å². The molecule has 6 heteroatoms. The molecule has 0 fully saturated rings. The second-order valence-electron chi connectivity index (χ2n) is 6.03. The highest BCUT2D eigenvalue weighted by molar-refractivity contribution is 6.13. The Morgan fingerprint density at radius 1 is 0.852 bits per heavy atom. The third-order valence-electron chi connectivity index (χ3n) is 4.28. The molecule has 27 heavy (non-hydrogen) atoms. The first-order chi connectivity index (χ1) is 13.0. The van der Waals surface area contributed by atoms with Gasteiger partial charge in [-0.1, -0.05) is 48.5 Å². The van der Waals surface area contributed by atoms with Crippen LogP contribution in [0.1, 0.15) is 11.1 Å². The van der Waals surface area contributed by atoms with Crippen LogP contribution < -0.4 is 5.43 Å². The molecular formula is C21H14F3N3. The summed E-state index contributed by atoms with van der Waals surface area (Å²) in [5.41, 5.74) is 2.83. The van der Waals surface area contributed by atoms with Crippen LogP contribution in [0, 0.1) is 0 Å². The summed E-state index contributed by atoms with van der Waals surface area (Å²) >= 11 is 0. The van der Waals surface area contributed by atoms with Crippen LogP contribution in [-0.2, 0) is 6.18 Å². The van der Waals surface area contributed by atoms with Crippen molar-refractivity contribution in [3.8, 4) is 0 Å². The molecule has 0 unspecified atom stereocenters. The number of benzene rings is 3. The van der Waals surface area contributed by atoms with Crippen molar-refractivity contribution in [2.24, 2.45) is 5.10 Å². The molecule has 0 aliphatic carbocycles. The van der Waals surface area contributed by atoms with E-state index < -0.39 is 11.7 Å². The van der Waals surface area contributed by atoms with E-state index in [1.54, 1.807) is 6.21 Å². The van der Waals surface area contributed by atoms with Crippen LogP contribution in [0.3, 0.4) is 0 Å².